The highest BCUT2D eigenvalue weighted by molar-refractivity contribution is 7.17. The van der Waals surface area contributed by atoms with Crippen LogP contribution in [-0.2, 0) is 0 Å². The zero-order valence-corrected chi connectivity index (χ0v) is 15.0. The predicted molar refractivity (Wildman–Crippen MR) is 100 cm³/mol. The summed E-state index contributed by atoms with van der Waals surface area (Å²) in [7, 11) is 0. The molecule has 0 spiro atoms. The van der Waals surface area contributed by atoms with Gasteiger partial charge in [0.1, 0.15) is 10.7 Å². The third kappa shape index (κ3) is 4.03. The lowest BCUT2D eigenvalue weighted by molar-refractivity contribution is 0.102. The van der Waals surface area contributed by atoms with Gasteiger partial charge in [0.05, 0.1) is 11.4 Å². The van der Waals surface area contributed by atoms with Gasteiger partial charge in [0.25, 0.3) is 5.91 Å². The largest absolute Gasteiger partial charge is 0.332 e. The number of halogens is 1. The Labute approximate surface area is 149 Å². The average Bonchev–Trinajstić information content (AvgIpc) is 2.91. The molecule has 0 saturated carbocycles. The monoisotopic (exact) mass is 355 g/mol. The minimum Gasteiger partial charge on any atom is -0.332 e. The molecule has 3 aromatic rings. The van der Waals surface area contributed by atoms with E-state index in [1.54, 1.807) is 19.1 Å². The summed E-state index contributed by atoms with van der Waals surface area (Å²) in [6, 6.07) is 12.5. The van der Waals surface area contributed by atoms with Gasteiger partial charge in [0.2, 0.25) is 0 Å². The van der Waals surface area contributed by atoms with Crippen LogP contribution in [0.3, 0.4) is 0 Å². The number of anilines is 3. The molecule has 0 radical (unpaired) electrons. The fraction of sp³-hybridized carbons (Fsp3) is 0.158. The van der Waals surface area contributed by atoms with Crippen molar-refractivity contribution in [2.45, 2.75) is 20.8 Å². The van der Waals surface area contributed by atoms with E-state index in [4.69, 9.17) is 0 Å². The topological polar surface area (TPSA) is 54.0 Å². The second kappa shape index (κ2) is 7.03. The minimum atomic E-state index is -0.459. The predicted octanol–water partition coefficient (Wildman–Crippen LogP) is 5.20. The van der Waals surface area contributed by atoms with Crippen LogP contribution in [0, 0.1) is 26.6 Å². The summed E-state index contributed by atoms with van der Waals surface area (Å²) in [6.45, 7) is 5.61. The van der Waals surface area contributed by atoms with E-state index in [9.17, 15) is 9.18 Å². The molecule has 0 unspecified atom stereocenters. The number of thiazole rings is 1. The Bertz CT molecular complexity index is 936. The molecule has 2 aromatic carbocycles. The highest BCUT2D eigenvalue weighted by atomic mass is 32.1. The molecule has 1 heterocycles. The van der Waals surface area contributed by atoms with Gasteiger partial charge in [-0.2, -0.15) is 0 Å². The Kier molecular flexibility index (Phi) is 4.81. The highest BCUT2D eigenvalue weighted by Crippen LogP contribution is 2.27. The third-order valence-electron chi connectivity index (χ3n) is 3.64. The van der Waals surface area contributed by atoms with E-state index in [2.05, 4.69) is 15.6 Å². The number of nitrogens with zero attached hydrogens (tertiary/aromatic N) is 1. The Morgan fingerprint density at radius 3 is 2.60 bits per heavy atom. The van der Waals surface area contributed by atoms with Crippen LogP contribution in [0.2, 0.25) is 0 Å². The van der Waals surface area contributed by atoms with E-state index in [0.717, 1.165) is 16.8 Å². The molecule has 6 heteroatoms. The van der Waals surface area contributed by atoms with Gasteiger partial charge in [0, 0.05) is 5.69 Å². The summed E-state index contributed by atoms with van der Waals surface area (Å²) < 4.78 is 13.8. The summed E-state index contributed by atoms with van der Waals surface area (Å²) in [5.41, 5.74) is 3.69. The standard InChI is InChI=1S/C19H18FN3OS/c1-11-5-4-6-14(9-11)22-19-21-13(3)17(25-19)18(24)23-16-10-12(2)7-8-15(16)20/h4-10H,1-3H3,(H,21,22)(H,23,24). The van der Waals surface area contributed by atoms with Crippen LogP contribution >= 0.6 is 11.3 Å². The molecule has 4 nitrogen and oxygen atoms in total. The number of amides is 1. The summed E-state index contributed by atoms with van der Waals surface area (Å²) >= 11 is 1.24. The summed E-state index contributed by atoms with van der Waals surface area (Å²) in [4.78, 5) is 17.3. The molecule has 0 aliphatic rings. The van der Waals surface area contributed by atoms with Gasteiger partial charge in [0.15, 0.2) is 5.13 Å². The average molecular weight is 355 g/mol. The Balaban J connectivity index is 1.79. The molecular weight excluding hydrogens is 337 g/mol. The van der Waals surface area contributed by atoms with Gasteiger partial charge in [-0.25, -0.2) is 9.37 Å². The van der Waals surface area contributed by atoms with Crippen LogP contribution in [0.1, 0.15) is 26.5 Å². The first-order chi connectivity index (χ1) is 11.9. The summed E-state index contributed by atoms with van der Waals surface area (Å²) in [6.07, 6.45) is 0. The van der Waals surface area contributed by atoms with Crippen LogP contribution in [0.5, 0.6) is 0 Å². The molecule has 3 rings (SSSR count). The zero-order chi connectivity index (χ0) is 18.0. The molecule has 2 N–H and O–H groups in total. The van der Waals surface area contributed by atoms with E-state index in [-0.39, 0.29) is 11.6 Å². The molecule has 0 saturated heterocycles. The SMILES string of the molecule is Cc1cccc(Nc2nc(C)c(C(=O)Nc3cc(C)ccc3F)s2)c1. The number of aryl methyl sites for hydroxylation is 3. The highest BCUT2D eigenvalue weighted by Gasteiger charge is 2.17. The first-order valence-corrected chi connectivity index (χ1v) is 8.62. The Hall–Kier alpha value is -2.73. The molecule has 0 bridgehead atoms. The van der Waals surface area contributed by atoms with E-state index in [1.165, 1.54) is 17.4 Å². The molecule has 0 aliphatic carbocycles. The molecule has 1 amide bonds. The van der Waals surface area contributed by atoms with Crippen molar-refractivity contribution in [2.75, 3.05) is 10.6 Å². The molecule has 0 aliphatic heterocycles. The van der Waals surface area contributed by atoms with Crippen molar-refractivity contribution in [1.82, 2.24) is 4.98 Å². The van der Waals surface area contributed by atoms with Gasteiger partial charge < -0.3 is 10.6 Å². The smallest absolute Gasteiger partial charge is 0.267 e. The van der Waals surface area contributed by atoms with Crippen LogP contribution in [0.15, 0.2) is 42.5 Å². The van der Waals surface area contributed by atoms with Crippen LogP contribution in [0.4, 0.5) is 20.9 Å². The fourth-order valence-corrected chi connectivity index (χ4v) is 3.30. The minimum absolute atomic E-state index is 0.172. The second-order valence-electron chi connectivity index (χ2n) is 5.87. The zero-order valence-electron chi connectivity index (χ0n) is 14.2. The molecule has 25 heavy (non-hydrogen) atoms. The number of benzene rings is 2. The number of hydrogen-bond donors (Lipinski definition) is 2. The lowest BCUT2D eigenvalue weighted by Gasteiger charge is -2.06. The van der Waals surface area contributed by atoms with Crippen LogP contribution in [-0.4, -0.2) is 10.9 Å². The number of carbonyl (C=O) groups excluding carboxylic acids is 1. The number of nitrogens with one attached hydrogen (secondary N) is 2. The van der Waals surface area contributed by atoms with Crippen molar-refractivity contribution in [3.63, 3.8) is 0 Å². The van der Waals surface area contributed by atoms with Crippen LogP contribution in [0.25, 0.3) is 0 Å². The lowest BCUT2D eigenvalue weighted by atomic mass is 10.2. The molecule has 1 aromatic heterocycles. The van der Waals surface area contributed by atoms with Crippen molar-refractivity contribution in [3.05, 3.63) is 70.0 Å². The van der Waals surface area contributed by atoms with Crippen LogP contribution < -0.4 is 10.6 Å². The number of aromatic nitrogens is 1. The van der Waals surface area contributed by atoms with E-state index < -0.39 is 5.82 Å². The van der Waals surface area contributed by atoms with Gasteiger partial charge in [-0.15, -0.1) is 0 Å². The van der Waals surface area contributed by atoms with Gasteiger partial charge in [-0.05, 0) is 56.2 Å². The van der Waals surface area contributed by atoms with Crippen molar-refractivity contribution >= 4 is 33.8 Å². The number of hydrogen-bond acceptors (Lipinski definition) is 4. The fourth-order valence-electron chi connectivity index (χ4n) is 2.42. The van der Waals surface area contributed by atoms with Crippen molar-refractivity contribution in [2.24, 2.45) is 0 Å². The quantitative estimate of drug-likeness (QED) is 0.676. The lowest BCUT2D eigenvalue weighted by Crippen LogP contribution is -2.12. The maximum absolute atomic E-state index is 13.8. The van der Waals surface area contributed by atoms with E-state index in [1.807, 2.05) is 38.1 Å². The van der Waals surface area contributed by atoms with Gasteiger partial charge >= 0.3 is 0 Å². The Morgan fingerprint density at radius 2 is 1.84 bits per heavy atom. The number of rotatable bonds is 4. The molecule has 128 valence electrons. The molecule has 0 fully saturated rings. The molecule has 0 atom stereocenters. The summed E-state index contributed by atoms with van der Waals surface area (Å²) in [5.74, 6) is -0.823. The van der Waals surface area contributed by atoms with Crippen molar-refractivity contribution in [3.8, 4) is 0 Å². The third-order valence-corrected chi connectivity index (χ3v) is 4.71. The van der Waals surface area contributed by atoms with Gasteiger partial charge in [-0.3, -0.25) is 4.79 Å². The van der Waals surface area contributed by atoms with Gasteiger partial charge in [-0.1, -0.05) is 29.5 Å². The maximum Gasteiger partial charge on any atom is 0.267 e. The first-order valence-electron chi connectivity index (χ1n) is 7.81. The van der Waals surface area contributed by atoms with Crippen molar-refractivity contribution in [1.29, 1.82) is 0 Å². The Morgan fingerprint density at radius 1 is 1.08 bits per heavy atom. The molecular formula is C19H18FN3OS. The van der Waals surface area contributed by atoms with Crippen molar-refractivity contribution < 1.29 is 9.18 Å². The maximum atomic E-state index is 13.8. The summed E-state index contributed by atoms with van der Waals surface area (Å²) in [5, 5.41) is 6.44. The normalized spacial score (nSPS) is 10.6. The number of carbonyl (C=O) groups is 1. The second-order valence-corrected chi connectivity index (χ2v) is 6.86. The van der Waals surface area contributed by atoms with E-state index >= 15 is 0 Å². The van der Waals surface area contributed by atoms with E-state index in [0.29, 0.717) is 15.7 Å². The first kappa shape index (κ1) is 17.1.